The fourth-order valence-electron chi connectivity index (χ4n) is 3.02. The van der Waals surface area contributed by atoms with Gasteiger partial charge < -0.3 is 19.7 Å². The lowest BCUT2D eigenvalue weighted by Crippen LogP contribution is -2.38. The van der Waals surface area contributed by atoms with Crippen LogP contribution in [-0.2, 0) is 11.2 Å². The molecule has 0 bridgehead atoms. The molecule has 0 heterocycles. The third-order valence-corrected chi connectivity index (χ3v) is 5.00. The highest BCUT2D eigenvalue weighted by Gasteiger charge is 2.12. The first-order chi connectivity index (χ1) is 13.8. The van der Waals surface area contributed by atoms with Crippen LogP contribution in [0.25, 0.3) is 0 Å². The highest BCUT2D eigenvalue weighted by Crippen LogP contribution is 2.27. The van der Waals surface area contributed by atoms with Gasteiger partial charge in [0.1, 0.15) is 0 Å². The van der Waals surface area contributed by atoms with Gasteiger partial charge in [-0.1, -0.05) is 12.1 Å². The van der Waals surface area contributed by atoms with Crippen molar-refractivity contribution in [3.63, 3.8) is 0 Å². The minimum absolute atomic E-state index is 0.0223. The lowest BCUT2D eigenvalue weighted by atomic mass is 10.1. The SMILES string of the molecule is COc1ccc(CCN(CCNC(=O)c2ccc(C)c(C)c2)C(C)=O)cc1OC. The molecule has 0 unspecified atom stereocenters. The van der Waals surface area contributed by atoms with Gasteiger partial charge in [0.05, 0.1) is 14.2 Å². The lowest BCUT2D eigenvalue weighted by Gasteiger charge is -2.21. The number of hydrogen-bond donors (Lipinski definition) is 1. The molecule has 2 aromatic rings. The maximum Gasteiger partial charge on any atom is 0.251 e. The normalized spacial score (nSPS) is 10.4. The zero-order valence-electron chi connectivity index (χ0n) is 17.9. The van der Waals surface area contributed by atoms with Crippen molar-refractivity contribution < 1.29 is 19.1 Å². The first kappa shape index (κ1) is 22.3. The summed E-state index contributed by atoms with van der Waals surface area (Å²) in [6, 6.07) is 11.4. The zero-order valence-corrected chi connectivity index (χ0v) is 17.9. The number of carbonyl (C=O) groups is 2. The van der Waals surface area contributed by atoms with Crippen LogP contribution in [0.5, 0.6) is 11.5 Å². The quantitative estimate of drug-likeness (QED) is 0.705. The fraction of sp³-hybridized carbons (Fsp3) is 0.391. The molecule has 0 saturated heterocycles. The van der Waals surface area contributed by atoms with E-state index in [1.807, 2.05) is 50.2 Å². The summed E-state index contributed by atoms with van der Waals surface area (Å²) < 4.78 is 10.6. The topological polar surface area (TPSA) is 67.9 Å². The van der Waals surface area contributed by atoms with Crippen molar-refractivity contribution in [1.82, 2.24) is 10.2 Å². The molecule has 0 aliphatic heterocycles. The van der Waals surface area contributed by atoms with Crippen molar-refractivity contribution in [3.05, 3.63) is 58.7 Å². The van der Waals surface area contributed by atoms with E-state index in [1.165, 1.54) is 0 Å². The van der Waals surface area contributed by atoms with Gasteiger partial charge in [-0.3, -0.25) is 9.59 Å². The van der Waals surface area contributed by atoms with Gasteiger partial charge in [0.15, 0.2) is 11.5 Å². The van der Waals surface area contributed by atoms with E-state index in [1.54, 1.807) is 26.0 Å². The molecule has 156 valence electrons. The molecule has 0 atom stereocenters. The van der Waals surface area contributed by atoms with E-state index < -0.39 is 0 Å². The number of nitrogens with zero attached hydrogens (tertiary/aromatic N) is 1. The Kier molecular flexibility index (Phi) is 8.07. The Balaban J connectivity index is 1.89. The Labute approximate surface area is 172 Å². The average molecular weight is 399 g/mol. The second-order valence-electron chi connectivity index (χ2n) is 7.00. The third kappa shape index (κ3) is 6.24. The van der Waals surface area contributed by atoms with Gasteiger partial charge in [0.25, 0.3) is 5.91 Å². The standard InChI is InChI=1S/C23H30N2O4/c1-16-6-8-20(14-17(16)2)23(27)24-11-13-25(18(3)26)12-10-19-7-9-21(28-4)22(15-19)29-5/h6-9,14-15H,10-13H2,1-5H3,(H,24,27). The summed E-state index contributed by atoms with van der Waals surface area (Å²) in [5.74, 6) is 1.19. The Morgan fingerprint density at radius 2 is 1.66 bits per heavy atom. The van der Waals surface area contributed by atoms with Gasteiger partial charge in [-0.25, -0.2) is 0 Å². The van der Waals surface area contributed by atoms with E-state index in [2.05, 4.69) is 5.32 Å². The smallest absolute Gasteiger partial charge is 0.251 e. The first-order valence-electron chi connectivity index (χ1n) is 9.67. The van der Waals surface area contributed by atoms with Crippen molar-refractivity contribution in [1.29, 1.82) is 0 Å². The van der Waals surface area contributed by atoms with Crippen molar-refractivity contribution in [2.24, 2.45) is 0 Å². The summed E-state index contributed by atoms with van der Waals surface area (Å²) in [6.07, 6.45) is 0.686. The molecule has 6 heteroatoms. The molecule has 29 heavy (non-hydrogen) atoms. The number of hydrogen-bond acceptors (Lipinski definition) is 4. The van der Waals surface area contributed by atoms with Crippen LogP contribution in [0.15, 0.2) is 36.4 Å². The van der Waals surface area contributed by atoms with Crippen molar-refractivity contribution in [2.75, 3.05) is 33.9 Å². The number of methoxy groups -OCH3 is 2. The second kappa shape index (κ2) is 10.5. The number of rotatable bonds is 9. The molecule has 0 aromatic heterocycles. The predicted molar refractivity (Wildman–Crippen MR) is 114 cm³/mol. The van der Waals surface area contributed by atoms with E-state index in [4.69, 9.17) is 9.47 Å². The molecule has 0 fully saturated rings. The lowest BCUT2D eigenvalue weighted by molar-refractivity contribution is -0.128. The Morgan fingerprint density at radius 3 is 2.28 bits per heavy atom. The molecule has 0 aliphatic rings. The molecule has 6 nitrogen and oxygen atoms in total. The summed E-state index contributed by atoms with van der Waals surface area (Å²) >= 11 is 0. The third-order valence-electron chi connectivity index (χ3n) is 5.00. The van der Waals surface area contributed by atoms with Gasteiger partial charge >= 0.3 is 0 Å². The molecule has 2 aromatic carbocycles. The summed E-state index contributed by atoms with van der Waals surface area (Å²) in [6.45, 7) is 6.96. The van der Waals surface area contributed by atoms with Crippen LogP contribution in [0, 0.1) is 13.8 Å². The van der Waals surface area contributed by atoms with E-state index in [0.717, 1.165) is 16.7 Å². The van der Waals surface area contributed by atoms with Crippen LogP contribution < -0.4 is 14.8 Å². The van der Waals surface area contributed by atoms with Crippen LogP contribution in [-0.4, -0.2) is 50.6 Å². The van der Waals surface area contributed by atoms with E-state index in [9.17, 15) is 9.59 Å². The molecule has 2 rings (SSSR count). The zero-order chi connectivity index (χ0) is 21.4. The molecular formula is C23H30N2O4. The molecular weight excluding hydrogens is 368 g/mol. The van der Waals surface area contributed by atoms with Gasteiger partial charge in [-0.2, -0.15) is 0 Å². The largest absolute Gasteiger partial charge is 0.493 e. The summed E-state index contributed by atoms with van der Waals surface area (Å²) in [7, 11) is 3.20. The van der Waals surface area contributed by atoms with Crippen LogP contribution in [0.2, 0.25) is 0 Å². The Hall–Kier alpha value is -3.02. The van der Waals surface area contributed by atoms with Crippen LogP contribution >= 0.6 is 0 Å². The summed E-state index contributed by atoms with van der Waals surface area (Å²) in [4.78, 5) is 26.0. The molecule has 0 aliphatic carbocycles. The minimum Gasteiger partial charge on any atom is -0.493 e. The molecule has 2 amide bonds. The Morgan fingerprint density at radius 1 is 0.931 bits per heavy atom. The van der Waals surface area contributed by atoms with Crippen molar-refractivity contribution in [3.8, 4) is 11.5 Å². The number of nitrogens with one attached hydrogen (secondary N) is 1. The van der Waals surface area contributed by atoms with Crippen LogP contribution in [0.4, 0.5) is 0 Å². The highest BCUT2D eigenvalue weighted by molar-refractivity contribution is 5.94. The number of benzene rings is 2. The van der Waals surface area contributed by atoms with Crippen molar-refractivity contribution in [2.45, 2.75) is 27.2 Å². The van der Waals surface area contributed by atoms with Gasteiger partial charge in [-0.15, -0.1) is 0 Å². The van der Waals surface area contributed by atoms with Gasteiger partial charge in [-0.05, 0) is 61.2 Å². The fourth-order valence-corrected chi connectivity index (χ4v) is 3.02. The van der Waals surface area contributed by atoms with Gasteiger partial charge in [0.2, 0.25) is 5.91 Å². The Bertz CT molecular complexity index is 864. The second-order valence-corrected chi connectivity index (χ2v) is 7.00. The average Bonchev–Trinajstić information content (AvgIpc) is 2.71. The first-order valence-corrected chi connectivity index (χ1v) is 9.67. The summed E-state index contributed by atoms with van der Waals surface area (Å²) in [5.41, 5.74) is 3.92. The van der Waals surface area contributed by atoms with Crippen molar-refractivity contribution >= 4 is 11.8 Å². The summed E-state index contributed by atoms with van der Waals surface area (Å²) in [5, 5.41) is 2.89. The number of amides is 2. The van der Waals surface area contributed by atoms with E-state index in [0.29, 0.717) is 43.1 Å². The number of carbonyl (C=O) groups excluding carboxylic acids is 2. The highest BCUT2D eigenvalue weighted by atomic mass is 16.5. The molecule has 1 N–H and O–H groups in total. The maximum atomic E-state index is 12.3. The molecule has 0 saturated carbocycles. The van der Waals surface area contributed by atoms with Crippen LogP contribution in [0.3, 0.4) is 0 Å². The number of ether oxygens (including phenoxy) is 2. The maximum absolute atomic E-state index is 12.3. The number of aryl methyl sites for hydroxylation is 2. The monoisotopic (exact) mass is 398 g/mol. The van der Waals surface area contributed by atoms with E-state index >= 15 is 0 Å². The van der Waals surface area contributed by atoms with Crippen LogP contribution in [0.1, 0.15) is 34.0 Å². The molecule has 0 radical (unpaired) electrons. The predicted octanol–water partition coefficient (Wildman–Crippen LogP) is 3.14. The minimum atomic E-state index is -0.128. The van der Waals surface area contributed by atoms with Gasteiger partial charge in [0, 0.05) is 32.1 Å². The van der Waals surface area contributed by atoms with E-state index in [-0.39, 0.29) is 11.8 Å². The molecule has 0 spiro atoms.